The van der Waals surface area contributed by atoms with Crippen LogP contribution in [0.5, 0.6) is 0 Å². The number of hydrogen-bond donors (Lipinski definition) is 1. The number of allylic oxidation sites excluding steroid dienone is 1. The first-order valence-electron chi connectivity index (χ1n) is 7.03. The van der Waals surface area contributed by atoms with Gasteiger partial charge in [0.05, 0.1) is 17.9 Å². The molecule has 3 rings (SSSR count). The Kier molecular flexibility index (Phi) is 3.02. The van der Waals surface area contributed by atoms with Crippen molar-refractivity contribution in [2.24, 2.45) is 10.8 Å². The lowest BCUT2D eigenvalue weighted by Crippen LogP contribution is -2.51. The molecule has 1 saturated heterocycles. The van der Waals surface area contributed by atoms with Crippen molar-refractivity contribution in [3.63, 3.8) is 0 Å². The van der Waals surface area contributed by atoms with E-state index in [4.69, 9.17) is 4.74 Å². The van der Waals surface area contributed by atoms with Crippen molar-refractivity contribution < 1.29 is 14.3 Å². The van der Waals surface area contributed by atoms with Gasteiger partial charge in [-0.25, -0.2) is 0 Å². The van der Waals surface area contributed by atoms with Gasteiger partial charge in [-0.15, -0.1) is 0 Å². The molecule has 114 valence electrons. The molecule has 0 spiro atoms. The molecule has 3 unspecified atom stereocenters. The van der Waals surface area contributed by atoms with Crippen LogP contribution in [0.4, 0.5) is 0 Å². The smallest absolute Gasteiger partial charge is 0.253 e. The zero-order valence-electron chi connectivity index (χ0n) is 12.6. The fourth-order valence-electron chi connectivity index (χ4n) is 3.41. The minimum absolute atomic E-state index is 0.289. The van der Waals surface area contributed by atoms with E-state index in [0.29, 0.717) is 11.3 Å². The molecule has 0 radical (unpaired) electrons. The standard InChI is InChI=1S/C17H13N3O3/c1-10-11(2)23-13(12-6-4-3-5-7-12)17(9-19)15(22)20-14(21)16(10,17)8-18/h3-7,13H,1-2H3,(H,20,21,22). The summed E-state index contributed by atoms with van der Waals surface area (Å²) in [4.78, 5) is 25.0. The fourth-order valence-corrected chi connectivity index (χ4v) is 3.41. The number of imide groups is 1. The maximum atomic E-state index is 12.6. The van der Waals surface area contributed by atoms with Crippen molar-refractivity contribution >= 4 is 11.8 Å². The minimum atomic E-state index is -1.95. The Morgan fingerprint density at radius 2 is 1.74 bits per heavy atom. The minimum Gasteiger partial charge on any atom is -0.488 e. The normalized spacial score (nSPS) is 32.4. The first-order chi connectivity index (χ1) is 11.0. The number of fused-ring (bicyclic) bond motifs is 1. The zero-order chi connectivity index (χ0) is 16.8. The van der Waals surface area contributed by atoms with Crippen molar-refractivity contribution in [3.8, 4) is 12.1 Å². The topological polar surface area (TPSA) is 103 Å². The van der Waals surface area contributed by atoms with Crippen LogP contribution in [0.15, 0.2) is 41.7 Å². The molecule has 23 heavy (non-hydrogen) atoms. The number of nitrogens with one attached hydrogen (secondary N) is 1. The molecule has 2 aliphatic rings. The molecule has 6 heteroatoms. The molecular formula is C17H13N3O3. The van der Waals surface area contributed by atoms with Crippen molar-refractivity contribution in [2.45, 2.75) is 20.0 Å². The van der Waals surface area contributed by atoms with Crippen LogP contribution in [0.3, 0.4) is 0 Å². The predicted molar refractivity (Wildman–Crippen MR) is 77.9 cm³/mol. The van der Waals surface area contributed by atoms with E-state index in [1.54, 1.807) is 44.2 Å². The number of benzene rings is 1. The van der Waals surface area contributed by atoms with E-state index in [2.05, 4.69) is 5.32 Å². The quantitative estimate of drug-likeness (QED) is 0.796. The molecule has 2 amide bonds. The van der Waals surface area contributed by atoms with Gasteiger partial charge in [-0.2, -0.15) is 10.5 Å². The van der Waals surface area contributed by atoms with Gasteiger partial charge in [-0.05, 0) is 25.0 Å². The van der Waals surface area contributed by atoms with E-state index in [1.165, 1.54) is 0 Å². The van der Waals surface area contributed by atoms with Crippen LogP contribution in [0, 0.1) is 33.5 Å². The second kappa shape index (κ2) is 4.69. The summed E-state index contributed by atoms with van der Waals surface area (Å²) < 4.78 is 5.83. The largest absolute Gasteiger partial charge is 0.488 e. The fraction of sp³-hybridized carbons (Fsp3) is 0.294. The molecule has 0 aromatic heterocycles. The van der Waals surface area contributed by atoms with Crippen LogP contribution in [0.2, 0.25) is 0 Å². The predicted octanol–water partition coefficient (Wildman–Crippen LogP) is 1.73. The van der Waals surface area contributed by atoms with E-state index in [0.717, 1.165) is 0 Å². The number of nitrogens with zero attached hydrogens (tertiary/aromatic N) is 2. The highest BCUT2D eigenvalue weighted by Gasteiger charge is 2.75. The summed E-state index contributed by atoms with van der Waals surface area (Å²) in [5, 5.41) is 21.8. The SMILES string of the molecule is CC1=C(C)C2(C#N)C(=O)NC(=O)C2(C#N)C(c2ccccc2)O1. The van der Waals surface area contributed by atoms with Crippen LogP contribution < -0.4 is 5.32 Å². The van der Waals surface area contributed by atoms with Gasteiger partial charge >= 0.3 is 0 Å². The highest BCUT2D eigenvalue weighted by molar-refractivity contribution is 6.15. The Balaban J connectivity index is 2.39. The molecule has 2 heterocycles. The Bertz CT molecular complexity index is 831. The van der Waals surface area contributed by atoms with Crippen LogP contribution >= 0.6 is 0 Å². The van der Waals surface area contributed by atoms with E-state index in [1.807, 2.05) is 12.1 Å². The Labute approximate surface area is 133 Å². The lowest BCUT2D eigenvalue weighted by Gasteiger charge is -2.43. The summed E-state index contributed by atoms with van der Waals surface area (Å²) in [7, 11) is 0. The molecule has 3 atom stereocenters. The number of nitriles is 2. The third-order valence-corrected chi connectivity index (χ3v) is 4.74. The average Bonchev–Trinajstić information content (AvgIpc) is 2.80. The first-order valence-corrected chi connectivity index (χ1v) is 7.03. The molecule has 1 fully saturated rings. The van der Waals surface area contributed by atoms with Crippen molar-refractivity contribution in [3.05, 3.63) is 47.2 Å². The number of ether oxygens (including phenoxy) is 1. The zero-order valence-corrected chi connectivity index (χ0v) is 12.6. The van der Waals surface area contributed by atoms with E-state index < -0.39 is 28.7 Å². The van der Waals surface area contributed by atoms with Crippen LogP contribution in [0.1, 0.15) is 25.5 Å². The third-order valence-electron chi connectivity index (χ3n) is 4.74. The Hall–Kier alpha value is -3.12. The maximum Gasteiger partial charge on any atom is 0.253 e. The van der Waals surface area contributed by atoms with E-state index >= 15 is 0 Å². The van der Waals surface area contributed by atoms with Crippen molar-refractivity contribution in [1.82, 2.24) is 5.32 Å². The van der Waals surface area contributed by atoms with Crippen LogP contribution in [0.25, 0.3) is 0 Å². The summed E-state index contributed by atoms with van der Waals surface area (Å²) in [6, 6.07) is 12.6. The van der Waals surface area contributed by atoms with Gasteiger partial charge in [0, 0.05) is 0 Å². The van der Waals surface area contributed by atoms with E-state index in [9.17, 15) is 20.1 Å². The van der Waals surface area contributed by atoms with Crippen LogP contribution in [-0.2, 0) is 14.3 Å². The maximum absolute atomic E-state index is 12.6. The molecule has 1 aromatic rings. The summed E-state index contributed by atoms with van der Waals surface area (Å²) in [6.07, 6.45) is -1.04. The summed E-state index contributed by atoms with van der Waals surface area (Å²) in [5.41, 5.74) is -2.99. The molecule has 0 aliphatic carbocycles. The second-order valence-corrected chi connectivity index (χ2v) is 5.65. The monoisotopic (exact) mass is 307 g/mol. The van der Waals surface area contributed by atoms with E-state index in [-0.39, 0.29) is 5.57 Å². The highest BCUT2D eigenvalue weighted by atomic mass is 16.5. The average molecular weight is 307 g/mol. The Morgan fingerprint density at radius 1 is 1.09 bits per heavy atom. The molecule has 0 saturated carbocycles. The summed E-state index contributed by atoms with van der Waals surface area (Å²) >= 11 is 0. The number of carbonyl (C=O) groups is 2. The van der Waals surface area contributed by atoms with Gasteiger partial charge in [0.15, 0.2) is 11.5 Å². The van der Waals surface area contributed by atoms with Crippen molar-refractivity contribution in [1.29, 1.82) is 10.5 Å². The van der Waals surface area contributed by atoms with Gasteiger partial charge in [-0.3, -0.25) is 14.9 Å². The second-order valence-electron chi connectivity index (χ2n) is 5.65. The first kappa shape index (κ1) is 14.8. The Morgan fingerprint density at radius 3 is 2.30 bits per heavy atom. The molecule has 6 nitrogen and oxygen atoms in total. The van der Waals surface area contributed by atoms with Crippen molar-refractivity contribution in [2.75, 3.05) is 0 Å². The number of carbonyl (C=O) groups excluding carboxylic acids is 2. The van der Waals surface area contributed by atoms with Gasteiger partial charge < -0.3 is 4.74 Å². The number of amides is 2. The molecular weight excluding hydrogens is 294 g/mol. The lowest BCUT2D eigenvalue weighted by atomic mass is 9.57. The summed E-state index contributed by atoms with van der Waals surface area (Å²) in [5.74, 6) is -1.20. The lowest BCUT2D eigenvalue weighted by molar-refractivity contribution is -0.137. The van der Waals surface area contributed by atoms with Gasteiger partial charge in [0.1, 0.15) is 0 Å². The number of hydrogen-bond acceptors (Lipinski definition) is 5. The third kappa shape index (κ3) is 1.50. The molecule has 1 N–H and O–H groups in total. The van der Waals surface area contributed by atoms with Gasteiger partial charge in [0.2, 0.25) is 5.41 Å². The summed E-state index contributed by atoms with van der Waals surface area (Å²) in [6.45, 7) is 3.17. The van der Waals surface area contributed by atoms with Gasteiger partial charge in [0.25, 0.3) is 11.8 Å². The highest BCUT2D eigenvalue weighted by Crippen LogP contribution is 2.60. The molecule has 1 aromatic carbocycles. The molecule has 2 aliphatic heterocycles. The number of rotatable bonds is 1. The molecule has 0 bridgehead atoms. The van der Waals surface area contributed by atoms with Gasteiger partial charge in [-0.1, -0.05) is 30.3 Å². The van der Waals surface area contributed by atoms with Crippen LogP contribution in [-0.4, -0.2) is 11.8 Å².